The van der Waals surface area contributed by atoms with Crippen molar-refractivity contribution in [2.75, 3.05) is 18.0 Å². The Morgan fingerprint density at radius 2 is 1.65 bits per heavy atom. The Morgan fingerprint density at radius 1 is 1.00 bits per heavy atom. The van der Waals surface area contributed by atoms with Crippen LogP contribution in [0.25, 0.3) is 0 Å². The average molecular weight is 308 g/mol. The lowest BCUT2D eigenvalue weighted by Crippen LogP contribution is -2.26. The van der Waals surface area contributed by atoms with Crippen LogP contribution >= 0.6 is 11.8 Å². The second-order valence-electron chi connectivity index (χ2n) is 4.10. The summed E-state index contributed by atoms with van der Waals surface area (Å²) >= 11 is 1.60. The fourth-order valence-corrected chi connectivity index (χ4v) is 3.75. The van der Waals surface area contributed by atoms with Gasteiger partial charge in [-0.3, -0.25) is 0 Å². The van der Waals surface area contributed by atoms with E-state index in [1.54, 1.807) is 30.0 Å². The quantitative estimate of drug-likeness (QED) is 0.488. The third kappa shape index (κ3) is 4.00. The van der Waals surface area contributed by atoms with Crippen LogP contribution in [0.4, 0.5) is 5.69 Å². The van der Waals surface area contributed by atoms with E-state index in [2.05, 4.69) is 4.72 Å². The van der Waals surface area contributed by atoms with Gasteiger partial charge in [0.1, 0.15) is 4.90 Å². The minimum absolute atomic E-state index is 0.129. The molecule has 3 N–H and O–H groups in total. The van der Waals surface area contributed by atoms with Crippen molar-refractivity contribution in [3.63, 3.8) is 0 Å². The van der Waals surface area contributed by atoms with E-state index in [0.717, 1.165) is 4.90 Å². The van der Waals surface area contributed by atoms with Gasteiger partial charge in [0.2, 0.25) is 10.0 Å². The average Bonchev–Trinajstić information content (AvgIpc) is 2.45. The highest BCUT2D eigenvalue weighted by atomic mass is 32.2. The monoisotopic (exact) mass is 308 g/mol. The van der Waals surface area contributed by atoms with Gasteiger partial charge in [-0.1, -0.05) is 30.3 Å². The van der Waals surface area contributed by atoms with Crippen molar-refractivity contribution < 1.29 is 8.42 Å². The maximum absolute atomic E-state index is 12.1. The van der Waals surface area contributed by atoms with Gasteiger partial charge in [0, 0.05) is 17.2 Å². The number of para-hydroxylation sites is 1. The molecule has 6 heteroatoms. The summed E-state index contributed by atoms with van der Waals surface area (Å²) < 4.78 is 26.7. The Bertz CT molecular complexity index is 658. The number of nitrogens with two attached hydrogens (primary N) is 1. The van der Waals surface area contributed by atoms with Crippen molar-refractivity contribution in [2.45, 2.75) is 9.79 Å². The molecule has 0 atom stereocenters. The summed E-state index contributed by atoms with van der Waals surface area (Å²) in [5.74, 6) is 0.663. The van der Waals surface area contributed by atoms with E-state index in [0.29, 0.717) is 12.3 Å². The van der Waals surface area contributed by atoms with E-state index in [4.69, 9.17) is 5.73 Å². The number of rotatable bonds is 6. The van der Waals surface area contributed by atoms with E-state index in [1.807, 2.05) is 30.3 Å². The van der Waals surface area contributed by atoms with Crippen LogP contribution in [-0.2, 0) is 10.0 Å². The first-order chi connectivity index (χ1) is 9.59. The molecule has 0 saturated heterocycles. The molecule has 0 radical (unpaired) electrons. The van der Waals surface area contributed by atoms with Crippen molar-refractivity contribution in [3.05, 3.63) is 54.6 Å². The highest BCUT2D eigenvalue weighted by molar-refractivity contribution is 7.99. The predicted octanol–water partition coefficient (Wildman–Crippen LogP) is 2.34. The molecule has 0 aliphatic carbocycles. The van der Waals surface area contributed by atoms with Crippen molar-refractivity contribution in [1.29, 1.82) is 0 Å². The van der Waals surface area contributed by atoms with Crippen LogP contribution in [0.2, 0.25) is 0 Å². The molecule has 0 unspecified atom stereocenters. The third-order valence-corrected chi connectivity index (χ3v) is 5.16. The lowest BCUT2D eigenvalue weighted by Gasteiger charge is -2.08. The van der Waals surface area contributed by atoms with Crippen molar-refractivity contribution in [3.8, 4) is 0 Å². The Balaban J connectivity index is 1.89. The normalized spacial score (nSPS) is 11.4. The fourth-order valence-electron chi connectivity index (χ4n) is 1.66. The molecule has 0 aliphatic rings. The molecule has 2 aromatic carbocycles. The molecule has 106 valence electrons. The van der Waals surface area contributed by atoms with E-state index < -0.39 is 10.0 Å². The van der Waals surface area contributed by atoms with E-state index in [1.165, 1.54) is 6.07 Å². The smallest absolute Gasteiger partial charge is 0.242 e. The summed E-state index contributed by atoms with van der Waals surface area (Å²) in [4.78, 5) is 1.25. The summed E-state index contributed by atoms with van der Waals surface area (Å²) in [7, 11) is -3.53. The van der Waals surface area contributed by atoms with Crippen LogP contribution in [-0.4, -0.2) is 20.7 Å². The third-order valence-electron chi connectivity index (χ3n) is 2.61. The van der Waals surface area contributed by atoms with Crippen LogP contribution in [0, 0.1) is 0 Å². The second-order valence-corrected chi connectivity index (χ2v) is 7.00. The molecule has 0 aliphatic heterocycles. The summed E-state index contributed by atoms with van der Waals surface area (Å²) in [6.07, 6.45) is 0. The zero-order chi connectivity index (χ0) is 14.4. The van der Waals surface area contributed by atoms with Gasteiger partial charge in [-0.05, 0) is 24.3 Å². The molecule has 0 amide bonds. The molecule has 0 aromatic heterocycles. The number of hydrogen-bond donors (Lipinski definition) is 2. The van der Waals surface area contributed by atoms with Gasteiger partial charge in [-0.25, -0.2) is 13.1 Å². The number of anilines is 1. The zero-order valence-corrected chi connectivity index (χ0v) is 12.5. The highest BCUT2D eigenvalue weighted by Gasteiger charge is 2.15. The van der Waals surface area contributed by atoms with Crippen LogP contribution in [0.1, 0.15) is 0 Å². The zero-order valence-electron chi connectivity index (χ0n) is 10.8. The first-order valence-corrected chi connectivity index (χ1v) is 8.58. The molecule has 20 heavy (non-hydrogen) atoms. The van der Waals surface area contributed by atoms with Gasteiger partial charge in [0.15, 0.2) is 0 Å². The molecule has 2 aromatic rings. The molecule has 4 nitrogen and oxygen atoms in total. The molecular formula is C14H16N2O2S2. The molecule has 2 rings (SSSR count). The van der Waals surface area contributed by atoms with Crippen LogP contribution in [0.15, 0.2) is 64.4 Å². The number of nitrogens with one attached hydrogen (secondary N) is 1. The molecular weight excluding hydrogens is 292 g/mol. The number of nitrogen functional groups attached to an aromatic ring is 1. The first-order valence-electron chi connectivity index (χ1n) is 6.11. The summed E-state index contributed by atoms with van der Waals surface area (Å²) in [5, 5.41) is 0. The maximum atomic E-state index is 12.1. The summed E-state index contributed by atoms with van der Waals surface area (Å²) in [6, 6.07) is 16.3. The van der Waals surface area contributed by atoms with Gasteiger partial charge in [-0.2, -0.15) is 0 Å². The molecule has 0 spiro atoms. The lowest BCUT2D eigenvalue weighted by atomic mass is 10.3. The Kier molecular flexibility index (Phi) is 5.05. The Morgan fingerprint density at radius 3 is 2.35 bits per heavy atom. The van der Waals surface area contributed by atoms with E-state index in [9.17, 15) is 8.42 Å². The standard InChI is InChI=1S/C14H16N2O2S2/c15-13-8-4-5-9-14(13)20(17,18)16-10-11-19-12-6-2-1-3-7-12/h1-9,16H,10-11,15H2. The van der Waals surface area contributed by atoms with Crippen molar-refractivity contribution in [1.82, 2.24) is 4.72 Å². The van der Waals surface area contributed by atoms with Gasteiger partial charge in [0.05, 0.1) is 5.69 Å². The largest absolute Gasteiger partial charge is 0.398 e. The van der Waals surface area contributed by atoms with Gasteiger partial charge in [0.25, 0.3) is 0 Å². The number of sulfonamides is 1. The SMILES string of the molecule is Nc1ccccc1S(=O)(=O)NCCSc1ccccc1. The first kappa shape index (κ1) is 14.9. The Hall–Kier alpha value is -1.50. The highest BCUT2D eigenvalue weighted by Crippen LogP contribution is 2.18. The number of benzene rings is 2. The number of thioether (sulfide) groups is 1. The number of hydrogen-bond acceptors (Lipinski definition) is 4. The molecule has 0 fully saturated rings. The van der Waals surface area contributed by atoms with Crippen molar-refractivity contribution in [2.24, 2.45) is 0 Å². The topological polar surface area (TPSA) is 72.2 Å². The Labute approximate surface area is 123 Å². The molecule has 0 bridgehead atoms. The lowest BCUT2D eigenvalue weighted by molar-refractivity contribution is 0.584. The van der Waals surface area contributed by atoms with Gasteiger partial charge >= 0.3 is 0 Å². The van der Waals surface area contributed by atoms with Gasteiger partial charge < -0.3 is 5.73 Å². The van der Waals surface area contributed by atoms with Crippen LogP contribution in [0.3, 0.4) is 0 Å². The predicted molar refractivity (Wildman–Crippen MR) is 83.2 cm³/mol. The van der Waals surface area contributed by atoms with Crippen LogP contribution in [0.5, 0.6) is 0 Å². The van der Waals surface area contributed by atoms with Crippen LogP contribution < -0.4 is 10.5 Å². The fraction of sp³-hybridized carbons (Fsp3) is 0.143. The van der Waals surface area contributed by atoms with E-state index >= 15 is 0 Å². The minimum atomic E-state index is -3.53. The summed E-state index contributed by atoms with van der Waals surface area (Å²) in [6.45, 7) is 0.357. The maximum Gasteiger partial charge on any atom is 0.242 e. The molecule has 0 saturated carbocycles. The van der Waals surface area contributed by atoms with E-state index in [-0.39, 0.29) is 10.6 Å². The summed E-state index contributed by atoms with van der Waals surface area (Å²) in [5.41, 5.74) is 5.94. The van der Waals surface area contributed by atoms with Crippen molar-refractivity contribution >= 4 is 27.5 Å². The van der Waals surface area contributed by atoms with Gasteiger partial charge in [-0.15, -0.1) is 11.8 Å². The second kappa shape index (κ2) is 6.78. The minimum Gasteiger partial charge on any atom is -0.398 e. The molecule has 0 heterocycles.